The minimum absolute atomic E-state index is 0.00360. The van der Waals surface area contributed by atoms with E-state index in [0.717, 1.165) is 24.2 Å². The van der Waals surface area contributed by atoms with Crippen LogP contribution in [0.3, 0.4) is 0 Å². The molecule has 1 atom stereocenters. The first-order chi connectivity index (χ1) is 10.8. The van der Waals surface area contributed by atoms with Crippen LogP contribution in [0.15, 0.2) is 24.3 Å². The van der Waals surface area contributed by atoms with E-state index >= 15 is 0 Å². The van der Waals surface area contributed by atoms with Gasteiger partial charge in [-0.15, -0.1) is 0 Å². The van der Waals surface area contributed by atoms with Crippen LogP contribution in [0.1, 0.15) is 54.1 Å². The first-order valence-electron chi connectivity index (χ1n) is 8.56. The average molecular weight is 302 g/mol. The number of rotatable bonds is 6. The number of ether oxygens (including phenoxy) is 1. The molecule has 0 bridgehead atoms. The Morgan fingerprint density at radius 3 is 2.82 bits per heavy atom. The van der Waals surface area contributed by atoms with Crippen molar-refractivity contribution in [1.82, 2.24) is 10.2 Å². The highest BCUT2D eigenvalue weighted by Gasteiger charge is 2.24. The molecular formula is C18H26N2O2. The van der Waals surface area contributed by atoms with Gasteiger partial charge in [-0.2, -0.15) is 0 Å². The number of hydrogen-bond acceptors (Lipinski definition) is 3. The van der Waals surface area contributed by atoms with Gasteiger partial charge in [0, 0.05) is 18.7 Å². The molecule has 120 valence electrons. The van der Waals surface area contributed by atoms with Crippen molar-refractivity contribution in [2.45, 2.75) is 38.2 Å². The van der Waals surface area contributed by atoms with Crippen molar-refractivity contribution in [1.29, 1.82) is 0 Å². The molecule has 0 radical (unpaired) electrons. The van der Waals surface area contributed by atoms with Crippen LogP contribution >= 0.6 is 0 Å². The number of carbonyl (C=O) groups excluding carboxylic acids is 1. The van der Waals surface area contributed by atoms with Crippen LogP contribution < -0.4 is 5.32 Å². The van der Waals surface area contributed by atoms with Crippen molar-refractivity contribution < 1.29 is 9.53 Å². The summed E-state index contributed by atoms with van der Waals surface area (Å²) in [6, 6.07) is 7.76. The van der Waals surface area contributed by atoms with E-state index in [4.69, 9.17) is 4.74 Å². The molecule has 2 aliphatic heterocycles. The lowest BCUT2D eigenvalue weighted by atomic mass is 9.98. The number of benzene rings is 1. The molecule has 3 rings (SSSR count). The Bertz CT molecular complexity index is 498. The summed E-state index contributed by atoms with van der Waals surface area (Å²) < 4.78 is 6.01. The van der Waals surface area contributed by atoms with Crippen molar-refractivity contribution in [3.05, 3.63) is 35.4 Å². The smallest absolute Gasteiger partial charge is 0.251 e. The molecule has 4 nitrogen and oxygen atoms in total. The monoisotopic (exact) mass is 302 g/mol. The Labute approximate surface area is 132 Å². The van der Waals surface area contributed by atoms with Gasteiger partial charge in [0.1, 0.15) is 6.10 Å². The van der Waals surface area contributed by atoms with Crippen LogP contribution in [0, 0.1) is 0 Å². The lowest BCUT2D eigenvalue weighted by Gasteiger charge is -2.27. The van der Waals surface area contributed by atoms with Crippen LogP contribution in [0.5, 0.6) is 0 Å². The summed E-state index contributed by atoms with van der Waals surface area (Å²) in [6.45, 7) is 5.08. The molecule has 1 unspecified atom stereocenters. The molecule has 1 saturated heterocycles. The number of likely N-dealkylation sites (tertiary alicyclic amines) is 1. The second-order valence-electron chi connectivity index (χ2n) is 6.27. The molecule has 2 heterocycles. The largest absolute Gasteiger partial charge is 0.372 e. The van der Waals surface area contributed by atoms with Crippen molar-refractivity contribution in [2.24, 2.45) is 0 Å². The maximum absolute atomic E-state index is 11.8. The van der Waals surface area contributed by atoms with Gasteiger partial charge in [0.25, 0.3) is 5.91 Å². The standard InChI is InChI=1S/C18H26N2O2/c21-18-16-9-3-2-8-15(16)17(14-19-18)22-13-7-6-12-20-10-4-1-5-11-20/h2-3,8-9,17H,1,4-7,10-14H2,(H,19,21). The number of hydrogen-bond donors (Lipinski definition) is 1. The number of nitrogens with one attached hydrogen (secondary N) is 1. The third-order valence-electron chi connectivity index (χ3n) is 4.64. The molecular weight excluding hydrogens is 276 g/mol. The van der Waals surface area contributed by atoms with E-state index < -0.39 is 0 Å². The molecule has 1 aromatic rings. The highest BCUT2D eigenvalue weighted by molar-refractivity contribution is 5.96. The van der Waals surface area contributed by atoms with E-state index in [0.29, 0.717) is 6.54 Å². The Balaban J connectivity index is 1.40. The highest BCUT2D eigenvalue weighted by Crippen LogP contribution is 2.25. The predicted octanol–water partition coefficient (Wildman–Crippen LogP) is 2.75. The molecule has 0 saturated carbocycles. The van der Waals surface area contributed by atoms with Gasteiger partial charge in [-0.3, -0.25) is 4.79 Å². The number of unbranched alkanes of at least 4 members (excludes halogenated alkanes) is 1. The minimum atomic E-state index is 0.00360. The van der Waals surface area contributed by atoms with Gasteiger partial charge < -0.3 is 15.0 Å². The Morgan fingerprint density at radius 1 is 1.14 bits per heavy atom. The summed E-state index contributed by atoms with van der Waals surface area (Å²) in [6.07, 6.45) is 6.39. The SMILES string of the molecule is O=C1NCC(OCCCCN2CCCCC2)c2ccccc21. The number of piperidine rings is 1. The fraction of sp³-hybridized carbons (Fsp3) is 0.611. The van der Waals surface area contributed by atoms with Gasteiger partial charge in [-0.05, 0) is 56.9 Å². The van der Waals surface area contributed by atoms with E-state index in [9.17, 15) is 4.79 Å². The normalized spacial score (nSPS) is 22.2. The Kier molecular flexibility index (Phi) is 5.46. The summed E-state index contributed by atoms with van der Waals surface area (Å²) in [5.74, 6) is 0.0144. The van der Waals surface area contributed by atoms with Crippen molar-refractivity contribution in [2.75, 3.05) is 32.8 Å². The van der Waals surface area contributed by atoms with E-state index in [1.807, 2.05) is 24.3 Å². The highest BCUT2D eigenvalue weighted by atomic mass is 16.5. The van der Waals surface area contributed by atoms with E-state index in [-0.39, 0.29) is 12.0 Å². The topological polar surface area (TPSA) is 41.6 Å². The maximum Gasteiger partial charge on any atom is 0.251 e. The molecule has 0 aliphatic carbocycles. The van der Waals surface area contributed by atoms with Gasteiger partial charge in [-0.25, -0.2) is 0 Å². The molecule has 1 aromatic carbocycles. The molecule has 0 aromatic heterocycles. The Morgan fingerprint density at radius 2 is 1.95 bits per heavy atom. The zero-order valence-corrected chi connectivity index (χ0v) is 13.2. The summed E-state index contributed by atoms with van der Waals surface area (Å²) in [5, 5.41) is 2.91. The van der Waals surface area contributed by atoms with Crippen LogP contribution in [-0.2, 0) is 4.74 Å². The van der Waals surface area contributed by atoms with Crippen molar-refractivity contribution >= 4 is 5.91 Å². The molecule has 1 N–H and O–H groups in total. The van der Waals surface area contributed by atoms with E-state index in [2.05, 4.69) is 10.2 Å². The number of fused-ring (bicyclic) bond motifs is 1. The Hall–Kier alpha value is -1.39. The van der Waals surface area contributed by atoms with E-state index in [1.54, 1.807) is 0 Å². The first kappa shape index (κ1) is 15.5. The summed E-state index contributed by atoms with van der Waals surface area (Å²) in [7, 11) is 0. The lowest BCUT2D eigenvalue weighted by molar-refractivity contribution is 0.0413. The second kappa shape index (κ2) is 7.75. The van der Waals surface area contributed by atoms with Gasteiger partial charge in [0.2, 0.25) is 0 Å². The molecule has 1 fully saturated rings. The fourth-order valence-electron chi connectivity index (χ4n) is 3.37. The number of amides is 1. The number of carbonyl (C=O) groups is 1. The molecule has 1 amide bonds. The predicted molar refractivity (Wildman–Crippen MR) is 87.0 cm³/mol. The second-order valence-corrected chi connectivity index (χ2v) is 6.27. The van der Waals surface area contributed by atoms with Crippen molar-refractivity contribution in [3.8, 4) is 0 Å². The maximum atomic E-state index is 11.8. The van der Waals surface area contributed by atoms with Crippen LogP contribution in [-0.4, -0.2) is 43.6 Å². The zero-order valence-electron chi connectivity index (χ0n) is 13.2. The van der Waals surface area contributed by atoms with Gasteiger partial charge in [-0.1, -0.05) is 24.6 Å². The third-order valence-corrected chi connectivity index (χ3v) is 4.64. The summed E-state index contributed by atoms with van der Waals surface area (Å²) in [5.41, 5.74) is 1.79. The number of nitrogens with zero attached hydrogens (tertiary/aromatic N) is 1. The molecule has 4 heteroatoms. The van der Waals surface area contributed by atoms with Gasteiger partial charge in [0.15, 0.2) is 0 Å². The third kappa shape index (κ3) is 3.87. The van der Waals surface area contributed by atoms with Crippen LogP contribution in [0.4, 0.5) is 0 Å². The minimum Gasteiger partial charge on any atom is -0.372 e. The first-order valence-corrected chi connectivity index (χ1v) is 8.56. The zero-order chi connectivity index (χ0) is 15.2. The van der Waals surface area contributed by atoms with Gasteiger partial charge in [0.05, 0.1) is 0 Å². The average Bonchev–Trinajstić information content (AvgIpc) is 2.58. The molecule has 22 heavy (non-hydrogen) atoms. The fourth-order valence-corrected chi connectivity index (χ4v) is 3.37. The van der Waals surface area contributed by atoms with Crippen LogP contribution in [0.2, 0.25) is 0 Å². The summed E-state index contributed by atoms with van der Waals surface area (Å²) in [4.78, 5) is 14.4. The summed E-state index contributed by atoms with van der Waals surface area (Å²) >= 11 is 0. The molecule has 2 aliphatic rings. The lowest BCUT2D eigenvalue weighted by Crippen LogP contribution is -2.36. The van der Waals surface area contributed by atoms with Gasteiger partial charge >= 0.3 is 0 Å². The molecule has 0 spiro atoms. The van der Waals surface area contributed by atoms with Crippen LogP contribution in [0.25, 0.3) is 0 Å². The quantitative estimate of drug-likeness (QED) is 0.822. The van der Waals surface area contributed by atoms with Crippen molar-refractivity contribution in [3.63, 3.8) is 0 Å². The van der Waals surface area contributed by atoms with E-state index in [1.165, 1.54) is 45.3 Å².